The van der Waals surface area contributed by atoms with Crippen LogP contribution in [0, 0.1) is 17.5 Å². The zero-order valence-corrected chi connectivity index (χ0v) is 13.4. The van der Waals surface area contributed by atoms with E-state index in [1.54, 1.807) is 0 Å². The molecule has 0 N–H and O–H groups in total. The highest BCUT2D eigenvalue weighted by molar-refractivity contribution is 6.03. The number of rotatable bonds is 2. The molecule has 0 bridgehead atoms. The fourth-order valence-corrected chi connectivity index (χ4v) is 2.87. The zero-order chi connectivity index (χ0) is 18.1. The average molecular weight is 348 g/mol. The maximum atomic E-state index is 13.9. The van der Waals surface area contributed by atoms with Gasteiger partial charge in [-0.25, -0.2) is 13.2 Å². The molecule has 7 heteroatoms. The number of hydrogen-bond acceptors (Lipinski definition) is 2. The molecule has 0 radical (unpaired) electrons. The third-order valence-electron chi connectivity index (χ3n) is 4.19. The van der Waals surface area contributed by atoms with Gasteiger partial charge in [0, 0.05) is 24.7 Å². The molecule has 0 aromatic heterocycles. The Hall–Kier alpha value is -2.83. The first-order valence-corrected chi connectivity index (χ1v) is 7.71. The third kappa shape index (κ3) is 3.22. The number of anilines is 1. The summed E-state index contributed by atoms with van der Waals surface area (Å²) in [6, 6.07) is 7.33. The van der Waals surface area contributed by atoms with E-state index < -0.39 is 35.3 Å². The molecule has 2 amide bonds. The molecule has 130 valence electrons. The SMILES string of the molecule is C[C@H]1C(=O)N(c2ccc(F)cc2F)CCN1C(=O)c1cccc(F)c1. The molecule has 0 aliphatic carbocycles. The molecule has 2 aromatic rings. The summed E-state index contributed by atoms with van der Waals surface area (Å²) in [7, 11) is 0. The summed E-state index contributed by atoms with van der Waals surface area (Å²) in [5.41, 5.74) is 0.108. The van der Waals surface area contributed by atoms with Gasteiger partial charge in [0.05, 0.1) is 5.69 Å². The Bertz CT molecular complexity index is 841. The van der Waals surface area contributed by atoms with Crippen LogP contribution in [0.5, 0.6) is 0 Å². The normalized spacial score (nSPS) is 17.8. The molecule has 1 fully saturated rings. The Morgan fingerprint density at radius 1 is 1.04 bits per heavy atom. The number of halogens is 3. The largest absolute Gasteiger partial charge is 0.325 e. The maximum absolute atomic E-state index is 13.9. The van der Waals surface area contributed by atoms with Crippen molar-refractivity contribution in [2.45, 2.75) is 13.0 Å². The molecule has 1 atom stereocenters. The minimum Gasteiger partial charge on any atom is -0.325 e. The number of carbonyl (C=O) groups excluding carboxylic acids is 2. The van der Waals surface area contributed by atoms with Crippen LogP contribution in [0.2, 0.25) is 0 Å². The van der Waals surface area contributed by atoms with E-state index in [2.05, 4.69) is 0 Å². The van der Waals surface area contributed by atoms with Crippen molar-refractivity contribution in [3.63, 3.8) is 0 Å². The van der Waals surface area contributed by atoms with Gasteiger partial charge < -0.3 is 9.80 Å². The summed E-state index contributed by atoms with van der Waals surface area (Å²) in [5, 5.41) is 0. The minimum absolute atomic E-state index is 0.0314. The summed E-state index contributed by atoms with van der Waals surface area (Å²) in [6.07, 6.45) is 0. The van der Waals surface area contributed by atoms with Gasteiger partial charge >= 0.3 is 0 Å². The monoisotopic (exact) mass is 348 g/mol. The van der Waals surface area contributed by atoms with Crippen LogP contribution < -0.4 is 4.90 Å². The van der Waals surface area contributed by atoms with E-state index in [4.69, 9.17) is 0 Å². The second-order valence-corrected chi connectivity index (χ2v) is 5.77. The Labute approximate surface area is 142 Å². The quantitative estimate of drug-likeness (QED) is 0.837. The molecule has 0 saturated carbocycles. The second-order valence-electron chi connectivity index (χ2n) is 5.77. The topological polar surface area (TPSA) is 40.6 Å². The fourth-order valence-electron chi connectivity index (χ4n) is 2.87. The van der Waals surface area contributed by atoms with E-state index in [9.17, 15) is 22.8 Å². The van der Waals surface area contributed by atoms with Crippen molar-refractivity contribution in [3.05, 3.63) is 65.5 Å². The van der Waals surface area contributed by atoms with Crippen molar-refractivity contribution in [2.75, 3.05) is 18.0 Å². The van der Waals surface area contributed by atoms with Crippen molar-refractivity contribution in [3.8, 4) is 0 Å². The van der Waals surface area contributed by atoms with Crippen LogP contribution in [0.3, 0.4) is 0 Å². The minimum atomic E-state index is -0.853. The fraction of sp³-hybridized carbons (Fsp3) is 0.222. The maximum Gasteiger partial charge on any atom is 0.254 e. The van der Waals surface area contributed by atoms with Gasteiger partial charge in [-0.1, -0.05) is 6.07 Å². The Morgan fingerprint density at radius 3 is 2.44 bits per heavy atom. The third-order valence-corrected chi connectivity index (χ3v) is 4.19. The van der Waals surface area contributed by atoms with Gasteiger partial charge in [0.1, 0.15) is 23.5 Å². The van der Waals surface area contributed by atoms with Crippen LogP contribution in [-0.2, 0) is 4.79 Å². The molecule has 2 aromatic carbocycles. The molecule has 1 aliphatic heterocycles. The van der Waals surface area contributed by atoms with Gasteiger partial charge in [-0.2, -0.15) is 0 Å². The van der Waals surface area contributed by atoms with Gasteiger partial charge in [-0.3, -0.25) is 9.59 Å². The molecule has 1 aliphatic rings. The Kier molecular flexibility index (Phi) is 4.48. The number of hydrogen-bond donors (Lipinski definition) is 0. The van der Waals surface area contributed by atoms with Crippen molar-refractivity contribution in [1.82, 2.24) is 4.90 Å². The van der Waals surface area contributed by atoms with Crippen LogP contribution in [0.4, 0.5) is 18.9 Å². The predicted molar refractivity (Wildman–Crippen MR) is 85.6 cm³/mol. The summed E-state index contributed by atoms with van der Waals surface area (Å²) in [4.78, 5) is 27.6. The molecule has 25 heavy (non-hydrogen) atoms. The standard InChI is InChI=1S/C18H15F3N2O2/c1-11-17(24)23(16-6-5-14(20)10-15(16)21)8-7-22(11)18(25)12-3-2-4-13(19)9-12/h2-6,9-11H,7-8H2,1H3/t11-/m0/s1. The number of piperazine rings is 1. The zero-order valence-electron chi connectivity index (χ0n) is 13.4. The molecule has 0 unspecified atom stereocenters. The van der Waals surface area contributed by atoms with Crippen LogP contribution in [0.1, 0.15) is 17.3 Å². The van der Waals surface area contributed by atoms with Gasteiger partial charge in [0.25, 0.3) is 5.91 Å². The molecule has 3 rings (SSSR count). The number of benzene rings is 2. The lowest BCUT2D eigenvalue weighted by Crippen LogP contribution is -2.58. The molecular formula is C18H15F3N2O2. The van der Waals surface area contributed by atoms with Gasteiger partial charge in [0.15, 0.2) is 0 Å². The first-order valence-electron chi connectivity index (χ1n) is 7.71. The van der Waals surface area contributed by atoms with Gasteiger partial charge in [-0.05, 0) is 37.3 Å². The van der Waals surface area contributed by atoms with E-state index in [1.165, 1.54) is 41.0 Å². The number of amides is 2. The Morgan fingerprint density at radius 2 is 1.76 bits per heavy atom. The second kappa shape index (κ2) is 6.58. The highest BCUT2D eigenvalue weighted by Crippen LogP contribution is 2.25. The first-order chi connectivity index (χ1) is 11.9. The summed E-state index contributed by atoms with van der Waals surface area (Å²) in [6.45, 7) is 1.74. The van der Waals surface area contributed by atoms with Crippen LogP contribution in [0.15, 0.2) is 42.5 Å². The van der Waals surface area contributed by atoms with Crippen LogP contribution in [0.25, 0.3) is 0 Å². The van der Waals surface area contributed by atoms with Crippen molar-refractivity contribution in [2.24, 2.45) is 0 Å². The summed E-state index contributed by atoms with van der Waals surface area (Å²) in [5.74, 6) is -3.08. The molecule has 0 spiro atoms. The Balaban J connectivity index is 1.83. The van der Waals surface area contributed by atoms with Crippen molar-refractivity contribution >= 4 is 17.5 Å². The van der Waals surface area contributed by atoms with Crippen molar-refractivity contribution < 1.29 is 22.8 Å². The number of nitrogens with zero attached hydrogens (tertiary/aromatic N) is 2. The predicted octanol–water partition coefficient (Wildman–Crippen LogP) is 2.98. The highest BCUT2D eigenvalue weighted by Gasteiger charge is 2.36. The smallest absolute Gasteiger partial charge is 0.254 e. The molecule has 4 nitrogen and oxygen atoms in total. The van der Waals surface area contributed by atoms with Crippen LogP contribution in [-0.4, -0.2) is 35.8 Å². The first kappa shape index (κ1) is 17.0. The summed E-state index contributed by atoms with van der Waals surface area (Å²) >= 11 is 0. The van der Waals surface area contributed by atoms with E-state index in [1.807, 2.05) is 0 Å². The lowest BCUT2D eigenvalue weighted by Gasteiger charge is -2.39. The van der Waals surface area contributed by atoms with Gasteiger partial charge in [-0.15, -0.1) is 0 Å². The molecular weight excluding hydrogens is 333 g/mol. The average Bonchev–Trinajstić information content (AvgIpc) is 2.57. The van der Waals surface area contributed by atoms with E-state index in [0.717, 1.165) is 12.1 Å². The highest BCUT2D eigenvalue weighted by atomic mass is 19.1. The van der Waals surface area contributed by atoms with Gasteiger partial charge in [0.2, 0.25) is 5.91 Å². The lowest BCUT2D eigenvalue weighted by atomic mass is 10.1. The molecule has 1 saturated heterocycles. The van der Waals surface area contributed by atoms with E-state index >= 15 is 0 Å². The van der Waals surface area contributed by atoms with Crippen molar-refractivity contribution in [1.29, 1.82) is 0 Å². The summed E-state index contributed by atoms with van der Waals surface area (Å²) < 4.78 is 40.3. The number of carbonyl (C=O) groups is 2. The lowest BCUT2D eigenvalue weighted by molar-refractivity contribution is -0.124. The van der Waals surface area contributed by atoms with E-state index in [0.29, 0.717) is 6.07 Å². The molecule has 1 heterocycles. The van der Waals surface area contributed by atoms with E-state index in [-0.39, 0.29) is 24.3 Å². The van der Waals surface area contributed by atoms with Crippen LogP contribution >= 0.6 is 0 Å².